The molecule has 2 heterocycles. The van der Waals surface area contributed by atoms with Gasteiger partial charge in [0.05, 0.1) is 6.04 Å². The number of hydrogen-bond donors (Lipinski definition) is 0. The molecule has 0 N–H and O–H groups in total. The Balaban J connectivity index is 1.61. The number of rotatable bonds is 5. The molecule has 0 aliphatic carbocycles. The van der Waals surface area contributed by atoms with E-state index in [2.05, 4.69) is 0 Å². The summed E-state index contributed by atoms with van der Waals surface area (Å²) in [5, 5.41) is 0. The average molecular weight is 364 g/mol. The molecule has 2 fully saturated rings. The summed E-state index contributed by atoms with van der Waals surface area (Å²) in [6.07, 6.45) is -0.548. The molecule has 0 radical (unpaired) electrons. The van der Waals surface area contributed by atoms with Crippen molar-refractivity contribution in [2.45, 2.75) is 31.6 Å². The number of cyclic esters (lactones) is 1. The Kier molecular flexibility index (Phi) is 4.39. The molecule has 6 heteroatoms. The van der Waals surface area contributed by atoms with Gasteiger partial charge in [0.2, 0.25) is 5.91 Å². The maximum atomic E-state index is 12.9. The lowest BCUT2D eigenvalue weighted by Gasteiger charge is -2.49. The molecule has 2 aliphatic heterocycles. The first-order valence-electron chi connectivity index (χ1n) is 8.93. The molecule has 2 aromatic carbocycles. The van der Waals surface area contributed by atoms with Gasteiger partial charge in [-0.25, -0.2) is 4.79 Å². The second kappa shape index (κ2) is 6.87. The van der Waals surface area contributed by atoms with Crippen LogP contribution in [0.1, 0.15) is 24.1 Å². The third kappa shape index (κ3) is 2.97. The van der Waals surface area contributed by atoms with E-state index in [0.717, 1.165) is 11.1 Å². The number of ketones is 1. The highest BCUT2D eigenvalue weighted by Crippen LogP contribution is 2.37. The van der Waals surface area contributed by atoms with E-state index in [4.69, 9.17) is 4.74 Å². The normalized spacial score (nSPS) is 24.6. The van der Waals surface area contributed by atoms with E-state index in [1.165, 1.54) is 16.7 Å². The number of amides is 2. The molecule has 6 nitrogen and oxygen atoms in total. The quantitative estimate of drug-likeness (QED) is 0.765. The monoisotopic (exact) mass is 364 g/mol. The molecule has 138 valence electrons. The number of nitrogens with zero attached hydrogens (tertiary/aromatic N) is 2. The van der Waals surface area contributed by atoms with Crippen molar-refractivity contribution >= 4 is 17.8 Å². The van der Waals surface area contributed by atoms with Crippen LogP contribution in [0.15, 0.2) is 60.7 Å². The molecule has 2 aliphatic rings. The molecule has 0 unspecified atom stereocenters. The molecule has 0 aromatic heterocycles. The number of carbonyl (C=O) groups is 3. The molecule has 2 saturated heterocycles. The van der Waals surface area contributed by atoms with Crippen LogP contribution in [0.2, 0.25) is 0 Å². The summed E-state index contributed by atoms with van der Waals surface area (Å²) in [6.45, 7) is 1.98. The van der Waals surface area contributed by atoms with Crippen molar-refractivity contribution < 1.29 is 19.1 Å². The largest absolute Gasteiger partial charge is 0.447 e. The molecule has 0 saturated carbocycles. The SMILES string of the molecule is CC(=O)[C@@H]1[C@H](N2C(=O)OC[C@@H]2c2ccccc2)C(=O)N1Cc1ccccc1. The third-order valence-electron chi connectivity index (χ3n) is 5.18. The van der Waals surface area contributed by atoms with E-state index in [0.29, 0.717) is 6.54 Å². The third-order valence-corrected chi connectivity index (χ3v) is 5.18. The Bertz CT molecular complexity index is 868. The van der Waals surface area contributed by atoms with Crippen molar-refractivity contribution in [3.05, 3.63) is 71.8 Å². The fraction of sp³-hybridized carbons (Fsp3) is 0.286. The number of β-lactam (4-membered cyclic amide) rings is 1. The molecular weight excluding hydrogens is 344 g/mol. The lowest BCUT2D eigenvalue weighted by atomic mass is 9.88. The Morgan fingerprint density at radius 1 is 1.04 bits per heavy atom. The Morgan fingerprint density at radius 3 is 2.30 bits per heavy atom. The van der Waals surface area contributed by atoms with Crippen LogP contribution < -0.4 is 0 Å². The smallest absolute Gasteiger partial charge is 0.411 e. The van der Waals surface area contributed by atoms with E-state index in [1.54, 1.807) is 0 Å². The van der Waals surface area contributed by atoms with Crippen molar-refractivity contribution in [1.29, 1.82) is 0 Å². The minimum atomic E-state index is -0.814. The highest BCUT2D eigenvalue weighted by atomic mass is 16.6. The van der Waals surface area contributed by atoms with Gasteiger partial charge in [-0.2, -0.15) is 0 Å². The van der Waals surface area contributed by atoms with E-state index >= 15 is 0 Å². The highest BCUT2D eigenvalue weighted by molar-refractivity contribution is 6.03. The van der Waals surface area contributed by atoms with E-state index in [1.807, 2.05) is 60.7 Å². The van der Waals surface area contributed by atoms with Crippen molar-refractivity contribution in [2.75, 3.05) is 6.61 Å². The lowest BCUT2D eigenvalue weighted by molar-refractivity contribution is -0.164. The number of benzene rings is 2. The summed E-state index contributed by atoms with van der Waals surface area (Å²) >= 11 is 0. The molecule has 3 atom stereocenters. The summed E-state index contributed by atoms with van der Waals surface area (Å²) in [4.78, 5) is 40.6. The number of ether oxygens (including phenoxy) is 1. The highest BCUT2D eigenvalue weighted by Gasteiger charge is 2.57. The zero-order valence-electron chi connectivity index (χ0n) is 14.9. The molecule has 4 rings (SSSR count). The maximum absolute atomic E-state index is 12.9. The standard InChI is InChI=1S/C21H20N2O4/c1-14(24)18-19(20(25)22(18)12-15-8-4-2-5-9-15)23-17(13-27-21(23)26)16-10-6-3-7-11-16/h2-11,17-19H,12-13H2,1H3/t17-,18-,19+/m1/s1. The molecule has 27 heavy (non-hydrogen) atoms. The summed E-state index contributed by atoms with van der Waals surface area (Å²) < 4.78 is 5.22. The number of hydrogen-bond acceptors (Lipinski definition) is 4. The number of carbonyl (C=O) groups excluding carboxylic acids is 3. The van der Waals surface area contributed by atoms with Gasteiger partial charge in [-0.1, -0.05) is 60.7 Å². The van der Waals surface area contributed by atoms with Crippen molar-refractivity contribution in [3.63, 3.8) is 0 Å². The predicted molar refractivity (Wildman–Crippen MR) is 97.6 cm³/mol. The van der Waals surface area contributed by atoms with Crippen LogP contribution in [0.3, 0.4) is 0 Å². The zero-order chi connectivity index (χ0) is 19.0. The molecule has 2 aromatic rings. The first kappa shape index (κ1) is 17.3. The Labute approximate surface area is 157 Å². The molecule has 0 spiro atoms. The van der Waals surface area contributed by atoms with Crippen molar-refractivity contribution in [2.24, 2.45) is 0 Å². The van der Waals surface area contributed by atoms with E-state index in [-0.39, 0.29) is 24.3 Å². The van der Waals surface area contributed by atoms with Gasteiger partial charge in [-0.05, 0) is 18.1 Å². The first-order chi connectivity index (χ1) is 13.1. The minimum absolute atomic E-state index is 0.137. The van der Waals surface area contributed by atoms with Crippen molar-refractivity contribution in [1.82, 2.24) is 9.80 Å². The second-order valence-electron chi connectivity index (χ2n) is 6.86. The maximum Gasteiger partial charge on any atom is 0.411 e. The van der Waals surface area contributed by atoms with Crippen LogP contribution in [0.25, 0.3) is 0 Å². The van der Waals surface area contributed by atoms with Crippen LogP contribution in [0, 0.1) is 0 Å². The summed E-state index contributed by atoms with van der Waals surface area (Å²) in [5.74, 6) is -0.360. The topological polar surface area (TPSA) is 66.9 Å². The minimum Gasteiger partial charge on any atom is -0.447 e. The van der Waals surface area contributed by atoms with Crippen LogP contribution >= 0.6 is 0 Å². The number of likely N-dealkylation sites (tertiary alicyclic amines) is 1. The van der Waals surface area contributed by atoms with Crippen LogP contribution in [0.4, 0.5) is 4.79 Å². The van der Waals surface area contributed by atoms with Gasteiger partial charge in [-0.15, -0.1) is 0 Å². The van der Waals surface area contributed by atoms with Gasteiger partial charge >= 0.3 is 6.09 Å². The van der Waals surface area contributed by atoms with Gasteiger partial charge < -0.3 is 9.64 Å². The lowest BCUT2D eigenvalue weighted by Crippen LogP contribution is -2.72. The van der Waals surface area contributed by atoms with Gasteiger partial charge in [-0.3, -0.25) is 14.5 Å². The Hall–Kier alpha value is -3.15. The summed E-state index contributed by atoms with van der Waals surface area (Å²) in [7, 11) is 0. The number of Topliss-reactive ketones (excluding diaryl/α,β-unsaturated/α-hetero) is 1. The van der Waals surface area contributed by atoms with Crippen LogP contribution in [-0.2, 0) is 20.9 Å². The first-order valence-corrected chi connectivity index (χ1v) is 8.93. The van der Waals surface area contributed by atoms with E-state index < -0.39 is 18.2 Å². The summed E-state index contributed by atoms with van der Waals surface area (Å²) in [5.41, 5.74) is 1.83. The van der Waals surface area contributed by atoms with Gasteiger partial charge in [0.15, 0.2) is 5.78 Å². The Morgan fingerprint density at radius 2 is 1.67 bits per heavy atom. The van der Waals surface area contributed by atoms with E-state index in [9.17, 15) is 14.4 Å². The molecule has 0 bridgehead atoms. The zero-order valence-corrected chi connectivity index (χ0v) is 14.9. The fourth-order valence-corrected chi connectivity index (χ4v) is 3.87. The molecule has 2 amide bonds. The second-order valence-corrected chi connectivity index (χ2v) is 6.86. The van der Waals surface area contributed by atoms with Crippen molar-refractivity contribution in [3.8, 4) is 0 Å². The van der Waals surface area contributed by atoms with Gasteiger partial charge in [0.25, 0.3) is 0 Å². The predicted octanol–water partition coefficient (Wildman–Crippen LogP) is 2.55. The fourth-order valence-electron chi connectivity index (χ4n) is 3.87. The van der Waals surface area contributed by atoms with Crippen LogP contribution in [-0.4, -0.2) is 46.3 Å². The molecular formula is C21H20N2O4. The average Bonchev–Trinajstić information content (AvgIpc) is 3.06. The van der Waals surface area contributed by atoms with Gasteiger partial charge in [0, 0.05) is 6.54 Å². The van der Waals surface area contributed by atoms with Gasteiger partial charge in [0.1, 0.15) is 18.7 Å². The summed E-state index contributed by atoms with van der Waals surface area (Å²) in [6, 6.07) is 17.1. The van der Waals surface area contributed by atoms with Crippen LogP contribution in [0.5, 0.6) is 0 Å².